The molecule has 0 saturated heterocycles. The Morgan fingerprint density at radius 2 is 2.20 bits per heavy atom. The third kappa shape index (κ3) is 3.03. The first-order valence-corrected chi connectivity index (χ1v) is 4.29. The quantitative estimate of drug-likeness (QED) is 0.206. The van der Waals surface area contributed by atoms with Crippen LogP contribution in [0.1, 0.15) is 5.56 Å². The smallest absolute Gasteiger partial charge is 0.252 e. The van der Waals surface area contributed by atoms with Crippen LogP contribution in [0.4, 0.5) is 8.78 Å². The zero-order valence-electron chi connectivity index (χ0n) is 7.54. The molecule has 0 fully saturated rings. The average Bonchev–Trinajstić information content (AvgIpc) is 2.20. The van der Waals surface area contributed by atoms with Crippen molar-refractivity contribution in [2.45, 2.75) is 0 Å². The number of rotatable bonds is 3. The van der Waals surface area contributed by atoms with Crippen molar-refractivity contribution >= 4 is 17.8 Å². The lowest BCUT2D eigenvalue weighted by Gasteiger charge is -1.98. The highest BCUT2D eigenvalue weighted by Crippen LogP contribution is 2.19. The highest BCUT2D eigenvalue weighted by Gasteiger charge is 2.08. The number of nitrogens with zero attached hydrogens (tertiary/aromatic N) is 2. The minimum Gasteiger partial charge on any atom is -0.271 e. The van der Waals surface area contributed by atoms with Gasteiger partial charge in [-0.3, -0.25) is 5.73 Å². The van der Waals surface area contributed by atoms with E-state index in [2.05, 4.69) is 5.10 Å². The van der Waals surface area contributed by atoms with Crippen LogP contribution in [0.25, 0.3) is 0 Å². The minimum atomic E-state index is -0.873. The van der Waals surface area contributed by atoms with E-state index in [-0.39, 0.29) is 17.3 Å². The number of halogens is 3. The first kappa shape index (κ1) is 11.7. The Morgan fingerprint density at radius 3 is 2.80 bits per heavy atom. The molecule has 0 spiro atoms. The first-order chi connectivity index (χ1) is 7.04. The maximum Gasteiger partial charge on any atom is 0.252 e. The van der Waals surface area contributed by atoms with Crippen LogP contribution in [0.2, 0.25) is 5.02 Å². The molecule has 80 valence electrons. The van der Waals surface area contributed by atoms with Crippen molar-refractivity contribution in [3.8, 4) is 0 Å². The highest BCUT2D eigenvalue weighted by molar-refractivity contribution is 6.33. The Hall–Kier alpha value is -1.40. The van der Waals surface area contributed by atoms with E-state index in [1.807, 2.05) is 0 Å². The van der Waals surface area contributed by atoms with E-state index in [9.17, 15) is 8.78 Å². The predicted octanol–water partition coefficient (Wildman–Crippen LogP) is 1.91. The van der Waals surface area contributed by atoms with Gasteiger partial charge in [0.05, 0.1) is 5.02 Å². The summed E-state index contributed by atoms with van der Waals surface area (Å²) >= 11 is 5.55. The van der Waals surface area contributed by atoms with Crippen molar-refractivity contribution in [1.29, 1.82) is 5.53 Å². The SMILES string of the molecule is N=[N+](CN)/N=C/c1cc(F)cc(F)c1Cl. The van der Waals surface area contributed by atoms with Crippen LogP contribution >= 0.6 is 11.6 Å². The predicted molar refractivity (Wildman–Crippen MR) is 51.0 cm³/mol. The van der Waals surface area contributed by atoms with Gasteiger partial charge < -0.3 is 0 Å². The molecule has 0 aliphatic heterocycles. The fraction of sp³-hybridized carbons (Fsp3) is 0.125. The molecule has 0 saturated carbocycles. The van der Waals surface area contributed by atoms with Gasteiger partial charge >= 0.3 is 0 Å². The van der Waals surface area contributed by atoms with E-state index in [4.69, 9.17) is 22.9 Å². The van der Waals surface area contributed by atoms with Crippen LogP contribution in [0, 0.1) is 17.2 Å². The van der Waals surface area contributed by atoms with Gasteiger partial charge in [0.25, 0.3) is 6.67 Å². The number of benzene rings is 1. The van der Waals surface area contributed by atoms with Crippen molar-refractivity contribution in [1.82, 2.24) is 0 Å². The zero-order chi connectivity index (χ0) is 11.4. The Labute approximate surface area is 89.4 Å². The van der Waals surface area contributed by atoms with Crippen LogP contribution in [-0.4, -0.2) is 17.7 Å². The maximum atomic E-state index is 12.9. The van der Waals surface area contributed by atoms with Crippen LogP contribution < -0.4 is 5.73 Å². The molecule has 0 amide bonds. The van der Waals surface area contributed by atoms with Crippen molar-refractivity contribution < 1.29 is 13.6 Å². The molecule has 1 rings (SSSR count). The number of hydrogen-bond acceptors (Lipinski definition) is 2. The van der Waals surface area contributed by atoms with Gasteiger partial charge in [-0.15, -0.1) is 0 Å². The Balaban J connectivity index is 3.04. The summed E-state index contributed by atoms with van der Waals surface area (Å²) in [4.78, 5) is 0.652. The Kier molecular flexibility index (Phi) is 3.81. The van der Waals surface area contributed by atoms with Gasteiger partial charge in [0.15, 0.2) is 0 Å². The topological polar surface area (TPSA) is 65.2 Å². The molecule has 0 atom stereocenters. The highest BCUT2D eigenvalue weighted by atomic mass is 35.5. The van der Waals surface area contributed by atoms with E-state index >= 15 is 0 Å². The summed E-state index contributed by atoms with van der Waals surface area (Å²) in [5.41, 5.74) is 12.2. The molecule has 4 nitrogen and oxygen atoms in total. The van der Waals surface area contributed by atoms with Gasteiger partial charge in [-0.05, 0) is 11.6 Å². The van der Waals surface area contributed by atoms with Crippen molar-refractivity contribution in [3.05, 3.63) is 34.4 Å². The fourth-order valence-corrected chi connectivity index (χ4v) is 1.01. The van der Waals surface area contributed by atoms with Gasteiger partial charge in [0.2, 0.25) is 0 Å². The van der Waals surface area contributed by atoms with Crippen molar-refractivity contribution in [3.63, 3.8) is 0 Å². The fourth-order valence-electron chi connectivity index (χ4n) is 0.849. The lowest BCUT2D eigenvalue weighted by molar-refractivity contribution is -0.619. The molecule has 1 aromatic rings. The van der Waals surface area contributed by atoms with Gasteiger partial charge in [-0.25, -0.2) is 8.78 Å². The molecule has 15 heavy (non-hydrogen) atoms. The summed E-state index contributed by atoms with van der Waals surface area (Å²) in [5, 5.41) is 3.24. The monoisotopic (exact) mass is 233 g/mol. The molecule has 0 aromatic heterocycles. The summed E-state index contributed by atoms with van der Waals surface area (Å²) < 4.78 is 25.7. The number of nitrogens with one attached hydrogen (secondary N) is 1. The van der Waals surface area contributed by atoms with Crippen molar-refractivity contribution in [2.24, 2.45) is 10.8 Å². The van der Waals surface area contributed by atoms with Crippen LogP contribution in [0.15, 0.2) is 17.2 Å². The molecular formula is C8H8ClF2N4+. The normalized spacial score (nSPS) is 10.9. The first-order valence-electron chi connectivity index (χ1n) is 3.92. The molecule has 0 unspecified atom stereocenters. The maximum absolute atomic E-state index is 12.9. The van der Waals surface area contributed by atoms with E-state index in [0.717, 1.165) is 12.3 Å². The molecule has 0 aliphatic rings. The van der Waals surface area contributed by atoms with E-state index < -0.39 is 11.6 Å². The molecule has 1 aromatic carbocycles. The summed E-state index contributed by atoms with van der Waals surface area (Å²) in [7, 11) is 0. The third-order valence-corrected chi connectivity index (χ3v) is 1.93. The summed E-state index contributed by atoms with van der Waals surface area (Å²) in [5.74, 6) is -1.63. The van der Waals surface area contributed by atoms with Crippen molar-refractivity contribution in [2.75, 3.05) is 6.67 Å². The van der Waals surface area contributed by atoms with Gasteiger partial charge in [-0.2, -0.15) is 0 Å². The zero-order valence-corrected chi connectivity index (χ0v) is 8.30. The minimum absolute atomic E-state index is 0.0554. The van der Waals surface area contributed by atoms with Crippen LogP contribution in [-0.2, 0) is 0 Å². The largest absolute Gasteiger partial charge is 0.271 e. The molecule has 3 N–H and O–H groups in total. The second-order valence-corrected chi connectivity index (χ2v) is 3.00. The van der Waals surface area contributed by atoms with Crippen LogP contribution in [0.3, 0.4) is 0 Å². The summed E-state index contributed by atoms with van der Waals surface area (Å²) in [6, 6.07) is 1.68. The second-order valence-electron chi connectivity index (χ2n) is 2.62. The Bertz CT molecular complexity index is 419. The van der Waals surface area contributed by atoms with E-state index in [1.165, 1.54) is 0 Å². The molecule has 0 bridgehead atoms. The van der Waals surface area contributed by atoms with Crippen LogP contribution in [0.5, 0.6) is 0 Å². The molecule has 7 heteroatoms. The number of hydrazone groups is 1. The molecule has 0 radical (unpaired) electrons. The summed E-state index contributed by atoms with van der Waals surface area (Å²) in [6.07, 6.45) is 1.06. The molecule has 0 aliphatic carbocycles. The van der Waals surface area contributed by atoms with E-state index in [1.54, 1.807) is 0 Å². The summed E-state index contributed by atoms with van der Waals surface area (Å²) in [6.45, 7) is -0.133. The number of nitrogens with two attached hydrogens (primary N) is 1. The Morgan fingerprint density at radius 1 is 1.53 bits per heavy atom. The second kappa shape index (κ2) is 4.90. The van der Waals surface area contributed by atoms with Gasteiger partial charge in [-0.1, -0.05) is 11.6 Å². The number of hydrogen-bond donors (Lipinski definition) is 2. The lowest BCUT2D eigenvalue weighted by Crippen LogP contribution is -2.11. The van der Waals surface area contributed by atoms with Gasteiger partial charge in [0.1, 0.15) is 17.8 Å². The average molecular weight is 234 g/mol. The van der Waals surface area contributed by atoms with Gasteiger partial charge in [0, 0.05) is 21.5 Å². The molecular weight excluding hydrogens is 226 g/mol. The third-order valence-electron chi connectivity index (χ3n) is 1.53. The van der Waals surface area contributed by atoms with E-state index in [0.29, 0.717) is 10.9 Å². The molecule has 0 heterocycles. The lowest BCUT2D eigenvalue weighted by atomic mass is 10.2. The standard InChI is InChI=1S/C8H8ClF2N4/c9-8-5(3-14-15(13)4-12)1-6(10)2-7(8)11/h1-3,13H,4,12H2/q+1/b14-3+,15-13?.